The first kappa shape index (κ1) is 12.8. The number of rotatable bonds is 5. The largest absolute Gasteiger partial charge is 0.362 e. The lowest BCUT2D eigenvalue weighted by Gasteiger charge is -2.23. The van der Waals surface area contributed by atoms with E-state index in [2.05, 4.69) is 0 Å². The molecule has 1 atom stereocenters. The molecule has 0 aliphatic carbocycles. The zero-order valence-electron chi connectivity index (χ0n) is 8.82. The Morgan fingerprint density at radius 3 is 2.38 bits per heavy atom. The Morgan fingerprint density at radius 1 is 1.46 bits per heavy atom. The van der Waals surface area contributed by atoms with Gasteiger partial charge in [0.25, 0.3) is 0 Å². The molecular formula is C9H19NO2P+. The molecule has 0 heterocycles. The lowest BCUT2D eigenvalue weighted by Crippen LogP contribution is -2.38. The molecule has 3 nitrogen and oxygen atoms in total. The van der Waals surface area contributed by atoms with Crippen molar-refractivity contribution < 1.29 is 14.2 Å². The van der Waals surface area contributed by atoms with Gasteiger partial charge in [0.1, 0.15) is 14.7 Å². The topological polar surface area (TPSA) is 37.3 Å². The van der Waals surface area contributed by atoms with Crippen LogP contribution < -0.4 is 0 Å². The van der Waals surface area contributed by atoms with E-state index < -0.39 is 8.15 Å². The standard InChI is InChI=1S/C9H19NO2P/c1-5-6-7-13(12)9(11)8-10(2,3)4/h6-7,12H,5,8H2,1-4H3/q+1. The Hall–Kier alpha value is -0.240. The van der Waals surface area contributed by atoms with Crippen LogP contribution in [0.3, 0.4) is 0 Å². The molecule has 0 saturated heterocycles. The third kappa shape index (κ3) is 6.88. The van der Waals surface area contributed by atoms with Gasteiger partial charge in [-0.15, -0.1) is 0 Å². The van der Waals surface area contributed by atoms with E-state index in [0.29, 0.717) is 11.0 Å². The minimum absolute atomic E-state index is 0.0628. The molecule has 0 aromatic heterocycles. The zero-order valence-corrected chi connectivity index (χ0v) is 9.71. The molecule has 1 unspecified atom stereocenters. The lowest BCUT2D eigenvalue weighted by atomic mass is 10.5. The summed E-state index contributed by atoms with van der Waals surface area (Å²) in [5.74, 6) is 1.62. The summed E-state index contributed by atoms with van der Waals surface area (Å²) in [7, 11) is 4.26. The number of hydrogen-bond acceptors (Lipinski definition) is 2. The Bertz CT molecular complexity index is 196. The zero-order chi connectivity index (χ0) is 10.5. The fourth-order valence-electron chi connectivity index (χ4n) is 0.767. The maximum atomic E-state index is 11.4. The summed E-state index contributed by atoms with van der Waals surface area (Å²) >= 11 is 0. The van der Waals surface area contributed by atoms with Crippen LogP contribution in [0.4, 0.5) is 0 Å². The highest BCUT2D eigenvalue weighted by Crippen LogP contribution is 2.33. The van der Waals surface area contributed by atoms with Gasteiger partial charge >= 0.3 is 0 Å². The van der Waals surface area contributed by atoms with Crippen molar-refractivity contribution in [3.63, 3.8) is 0 Å². The molecule has 13 heavy (non-hydrogen) atoms. The molecule has 4 heteroatoms. The number of carbonyl (C=O) groups excluding carboxylic acids is 1. The van der Waals surface area contributed by atoms with Gasteiger partial charge < -0.3 is 9.38 Å². The Labute approximate surface area is 81.5 Å². The summed E-state index contributed by atoms with van der Waals surface area (Å²) in [6.45, 7) is 2.36. The van der Waals surface area contributed by atoms with Crippen molar-refractivity contribution >= 4 is 13.7 Å². The molecule has 0 aliphatic rings. The highest BCUT2D eigenvalue weighted by Gasteiger charge is 2.20. The number of hydrogen-bond donors (Lipinski definition) is 1. The van der Waals surface area contributed by atoms with Crippen molar-refractivity contribution in [2.24, 2.45) is 0 Å². The normalized spacial score (nSPS) is 14.8. The van der Waals surface area contributed by atoms with E-state index >= 15 is 0 Å². The Morgan fingerprint density at radius 2 is 2.00 bits per heavy atom. The summed E-state index contributed by atoms with van der Waals surface area (Å²) in [4.78, 5) is 20.8. The van der Waals surface area contributed by atoms with Gasteiger partial charge in [-0.3, -0.25) is 4.79 Å². The van der Waals surface area contributed by atoms with Gasteiger partial charge in [-0.05, 0) is 12.2 Å². The summed E-state index contributed by atoms with van der Waals surface area (Å²) in [5.41, 5.74) is -0.0628. The van der Waals surface area contributed by atoms with Crippen LogP contribution in [0, 0.1) is 0 Å². The predicted octanol–water partition coefficient (Wildman–Crippen LogP) is 1.53. The highest BCUT2D eigenvalue weighted by molar-refractivity contribution is 7.72. The molecule has 0 radical (unpaired) electrons. The number of likely N-dealkylation sites (N-methyl/N-ethyl adjacent to an activating group) is 1. The van der Waals surface area contributed by atoms with Crippen molar-refractivity contribution in [1.29, 1.82) is 0 Å². The predicted molar refractivity (Wildman–Crippen MR) is 56.5 cm³/mol. The quantitative estimate of drug-likeness (QED) is 0.544. The van der Waals surface area contributed by atoms with Gasteiger partial charge in [-0.2, -0.15) is 0 Å². The van der Waals surface area contributed by atoms with E-state index in [4.69, 9.17) is 0 Å². The molecule has 0 bridgehead atoms. The third-order valence-corrected chi connectivity index (χ3v) is 2.49. The van der Waals surface area contributed by atoms with Crippen LogP contribution in [0.1, 0.15) is 13.3 Å². The van der Waals surface area contributed by atoms with Gasteiger partial charge in [0.2, 0.25) is 5.52 Å². The molecule has 0 aliphatic heterocycles. The van der Waals surface area contributed by atoms with Crippen LogP contribution in [0.15, 0.2) is 11.9 Å². The minimum Gasteiger partial charge on any atom is -0.362 e. The third-order valence-electron chi connectivity index (χ3n) is 1.35. The molecule has 0 saturated carbocycles. The second kappa shape index (κ2) is 5.48. The van der Waals surface area contributed by atoms with E-state index in [1.54, 1.807) is 5.82 Å². The maximum absolute atomic E-state index is 11.4. The maximum Gasteiger partial charge on any atom is 0.238 e. The molecule has 0 amide bonds. The fraction of sp³-hybridized carbons (Fsp3) is 0.667. The van der Waals surface area contributed by atoms with Gasteiger partial charge in [0.05, 0.1) is 21.1 Å². The average molecular weight is 204 g/mol. The van der Waals surface area contributed by atoms with Crippen LogP contribution in [0.5, 0.6) is 0 Å². The second-order valence-corrected chi connectivity index (χ2v) is 5.47. The molecule has 0 rings (SSSR count). The van der Waals surface area contributed by atoms with Crippen molar-refractivity contribution in [2.75, 3.05) is 27.7 Å². The first-order valence-corrected chi connectivity index (χ1v) is 5.71. The molecule has 0 aromatic rings. The smallest absolute Gasteiger partial charge is 0.238 e. The summed E-state index contributed by atoms with van der Waals surface area (Å²) in [5, 5.41) is 0. The molecule has 0 spiro atoms. The van der Waals surface area contributed by atoms with E-state index in [1.165, 1.54) is 0 Å². The number of carbonyl (C=O) groups is 1. The van der Waals surface area contributed by atoms with E-state index in [1.807, 2.05) is 34.1 Å². The van der Waals surface area contributed by atoms with Crippen molar-refractivity contribution in [3.05, 3.63) is 11.9 Å². The first-order valence-electron chi connectivity index (χ1n) is 4.35. The Balaban J connectivity index is 4.04. The average Bonchev–Trinajstić information content (AvgIpc) is 1.96. The van der Waals surface area contributed by atoms with Crippen LogP contribution in [-0.2, 0) is 4.79 Å². The Kier molecular flexibility index (Phi) is 5.38. The van der Waals surface area contributed by atoms with Gasteiger partial charge in [0, 0.05) is 0 Å². The van der Waals surface area contributed by atoms with E-state index in [9.17, 15) is 9.69 Å². The number of allylic oxidation sites excluding steroid dienone is 1. The van der Waals surface area contributed by atoms with Gasteiger partial charge in [-0.1, -0.05) is 13.0 Å². The highest BCUT2D eigenvalue weighted by atomic mass is 31.1. The first-order chi connectivity index (χ1) is 5.87. The van der Waals surface area contributed by atoms with Gasteiger partial charge in [0.15, 0.2) is 0 Å². The van der Waals surface area contributed by atoms with Crippen molar-refractivity contribution in [3.8, 4) is 0 Å². The number of nitrogens with zero attached hydrogens (tertiary/aromatic N) is 1. The van der Waals surface area contributed by atoms with Crippen LogP contribution in [0.25, 0.3) is 0 Å². The summed E-state index contributed by atoms with van der Waals surface area (Å²) in [6.07, 6.45) is 2.69. The van der Waals surface area contributed by atoms with Gasteiger partial charge in [-0.25, -0.2) is 0 Å². The van der Waals surface area contributed by atoms with Crippen molar-refractivity contribution in [2.45, 2.75) is 13.3 Å². The number of quaternary nitrogens is 1. The lowest BCUT2D eigenvalue weighted by molar-refractivity contribution is -0.861. The van der Waals surface area contributed by atoms with E-state index in [-0.39, 0.29) is 5.52 Å². The minimum atomic E-state index is -1.55. The SMILES string of the molecule is CCC=CP(O)C(=O)C[N+](C)(C)C. The fourth-order valence-corrected chi connectivity index (χ4v) is 1.91. The molecule has 1 N–H and O–H groups in total. The molecule has 0 aromatic carbocycles. The van der Waals surface area contributed by atoms with Crippen molar-refractivity contribution in [1.82, 2.24) is 0 Å². The van der Waals surface area contributed by atoms with Crippen LogP contribution in [-0.4, -0.2) is 42.6 Å². The van der Waals surface area contributed by atoms with Crippen LogP contribution in [0.2, 0.25) is 0 Å². The summed E-state index contributed by atoms with van der Waals surface area (Å²) < 4.78 is 0.568. The van der Waals surface area contributed by atoms with Crippen LogP contribution >= 0.6 is 8.15 Å². The van der Waals surface area contributed by atoms with E-state index in [0.717, 1.165) is 6.42 Å². The second-order valence-electron chi connectivity index (χ2n) is 3.98. The monoisotopic (exact) mass is 204 g/mol. The molecule has 0 fully saturated rings. The molecule has 76 valence electrons. The molecular weight excluding hydrogens is 185 g/mol. The summed E-state index contributed by atoms with van der Waals surface area (Å²) in [6, 6.07) is 0.